The number of sulfone groups is 1. The summed E-state index contributed by atoms with van der Waals surface area (Å²) in [6, 6.07) is 10.2. The van der Waals surface area contributed by atoms with Crippen molar-refractivity contribution < 1.29 is 13.2 Å². The Morgan fingerprint density at radius 1 is 1.28 bits per heavy atom. The summed E-state index contributed by atoms with van der Waals surface area (Å²) in [5.41, 5.74) is 7.59. The molecular weight excluding hydrogens is 388 g/mol. The van der Waals surface area contributed by atoms with Crippen molar-refractivity contribution in [2.45, 2.75) is 50.9 Å². The van der Waals surface area contributed by atoms with E-state index in [1.54, 1.807) is 13.1 Å². The third-order valence-corrected chi connectivity index (χ3v) is 7.19. The number of amides is 1. The number of nitrogens with zero attached hydrogens (tertiary/aromatic N) is 3. The van der Waals surface area contributed by atoms with E-state index < -0.39 is 9.84 Å². The number of imidazole rings is 1. The number of likely N-dealkylation sites (tertiary alicyclic amines) is 1. The number of aryl methyl sites for hydroxylation is 1. The van der Waals surface area contributed by atoms with Gasteiger partial charge in [0.15, 0.2) is 0 Å². The highest BCUT2D eigenvalue weighted by Gasteiger charge is 2.26. The van der Waals surface area contributed by atoms with E-state index in [2.05, 4.69) is 22.0 Å². The number of nitrogens with two attached hydrogens (primary N) is 1. The Bertz CT molecular complexity index is 925. The maximum Gasteiger partial charge on any atom is 0.227 e. The Morgan fingerprint density at radius 2 is 2.03 bits per heavy atom. The van der Waals surface area contributed by atoms with E-state index in [0.717, 1.165) is 37.9 Å². The van der Waals surface area contributed by atoms with Crippen molar-refractivity contribution in [2.75, 3.05) is 18.8 Å². The molecule has 1 aromatic heterocycles. The van der Waals surface area contributed by atoms with Gasteiger partial charge in [0.1, 0.15) is 0 Å². The van der Waals surface area contributed by atoms with Crippen molar-refractivity contribution >= 4 is 15.7 Å². The Hall–Kier alpha value is -2.19. The summed E-state index contributed by atoms with van der Waals surface area (Å²) >= 11 is 0. The lowest BCUT2D eigenvalue weighted by Gasteiger charge is -2.31. The SMILES string of the molecule is CCS(=O)(=O)c1ncc(CN2CCC[C@H](C(N)=O)C2)n1CCCc1ccccc1. The molecule has 1 fully saturated rings. The highest BCUT2D eigenvalue weighted by Crippen LogP contribution is 2.21. The van der Waals surface area contributed by atoms with Crippen LogP contribution in [0.3, 0.4) is 0 Å². The normalized spacial score (nSPS) is 18.0. The van der Waals surface area contributed by atoms with Gasteiger partial charge in [-0.3, -0.25) is 9.69 Å². The van der Waals surface area contributed by atoms with Crippen molar-refractivity contribution in [2.24, 2.45) is 11.7 Å². The first-order valence-corrected chi connectivity index (χ1v) is 11.9. The molecule has 1 aliphatic rings. The standard InChI is InChI=1S/C21H30N4O3S/c1-2-29(27,28)21-23-14-19(16-24-12-7-11-18(15-24)20(22)26)25(21)13-6-10-17-8-4-3-5-9-17/h3-5,8-9,14,18H,2,6-7,10-13,15-16H2,1H3,(H2,22,26)/t18-/m0/s1. The Morgan fingerprint density at radius 3 is 2.72 bits per heavy atom. The fraction of sp³-hybridized carbons (Fsp3) is 0.524. The molecular formula is C21H30N4O3S. The molecule has 2 aromatic rings. The second-order valence-electron chi connectivity index (χ2n) is 7.65. The first kappa shape index (κ1) is 21.5. The summed E-state index contributed by atoms with van der Waals surface area (Å²) < 4.78 is 26.9. The summed E-state index contributed by atoms with van der Waals surface area (Å²) in [6.45, 7) is 4.28. The van der Waals surface area contributed by atoms with Crippen LogP contribution in [0.1, 0.15) is 37.4 Å². The summed E-state index contributed by atoms with van der Waals surface area (Å²) in [5, 5.41) is 0.145. The van der Waals surface area contributed by atoms with E-state index in [9.17, 15) is 13.2 Å². The molecule has 0 saturated carbocycles. The molecule has 0 aliphatic carbocycles. The molecule has 2 N–H and O–H groups in total. The summed E-state index contributed by atoms with van der Waals surface area (Å²) in [4.78, 5) is 18.0. The Balaban J connectivity index is 1.76. The second-order valence-corrected chi connectivity index (χ2v) is 9.82. The van der Waals surface area contributed by atoms with Gasteiger partial charge >= 0.3 is 0 Å². The number of hydrogen-bond donors (Lipinski definition) is 1. The minimum atomic E-state index is -3.41. The molecule has 0 unspecified atom stereocenters. The van der Waals surface area contributed by atoms with E-state index in [-0.39, 0.29) is 22.7 Å². The minimum absolute atomic E-state index is 0.0234. The maximum atomic E-state index is 12.5. The van der Waals surface area contributed by atoms with E-state index in [0.29, 0.717) is 19.6 Å². The zero-order valence-electron chi connectivity index (χ0n) is 17.0. The largest absolute Gasteiger partial charge is 0.369 e. The van der Waals surface area contributed by atoms with Crippen molar-refractivity contribution in [3.8, 4) is 0 Å². The number of carbonyl (C=O) groups excluding carboxylic acids is 1. The van der Waals surface area contributed by atoms with Gasteiger partial charge in [-0.2, -0.15) is 0 Å². The molecule has 3 rings (SSSR count). The summed E-state index contributed by atoms with van der Waals surface area (Å²) in [7, 11) is -3.41. The fourth-order valence-corrected chi connectivity index (χ4v) is 4.90. The molecule has 8 heteroatoms. The highest BCUT2D eigenvalue weighted by molar-refractivity contribution is 7.91. The van der Waals surface area contributed by atoms with E-state index >= 15 is 0 Å². The van der Waals surface area contributed by atoms with Gasteiger partial charge in [-0.15, -0.1) is 0 Å². The predicted molar refractivity (Wildman–Crippen MR) is 112 cm³/mol. The van der Waals surface area contributed by atoms with Gasteiger partial charge in [-0.05, 0) is 37.8 Å². The van der Waals surface area contributed by atoms with Gasteiger partial charge in [-0.25, -0.2) is 13.4 Å². The number of primary amides is 1. The van der Waals surface area contributed by atoms with Crippen LogP contribution in [0.25, 0.3) is 0 Å². The Kier molecular flexibility index (Phi) is 7.08. The van der Waals surface area contributed by atoms with Crippen LogP contribution in [0.2, 0.25) is 0 Å². The minimum Gasteiger partial charge on any atom is -0.369 e. The van der Waals surface area contributed by atoms with Gasteiger partial charge in [0.2, 0.25) is 20.9 Å². The number of aromatic nitrogens is 2. The monoisotopic (exact) mass is 418 g/mol. The molecule has 1 atom stereocenters. The van der Waals surface area contributed by atoms with Gasteiger partial charge in [0.25, 0.3) is 0 Å². The molecule has 0 bridgehead atoms. The molecule has 29 heavy (non-hydrogen) atoms. The molecule has 1 amide bonds. The molecule has 1 aliphatic heterocycles. The number of piperidine rings is 1. The first-order valence-electron chi connectivity index (χ1n) is 10.2. The third-order valence-electron chi connectivity index (χ3n) is 5.54. The van der Waals surface area contributed by atoms with Crippen molar-refractivity contribution in [3.63, 3.8) is 0 Å². The van der Waals surface area contributed by atoms with Crippen LogP contribution >= 0.6 is 0 Å². The van der Waals surface area contributed by atoms with Crippen LogP contribution in [0.15, 0.2) is 41.7 Å². The lowest BCUT2D eigenvalue weighted by atomic mass is 9.97. The average molecular weight is 419 g/mol. The fourth-order valence-electron chi connectivity index (χ4n) is 3.88. The smallest absolute Gasteiger partial charge is 0.227 e. The van der Waals surface area contributed by atoms with Crippen molar-refractivity contribution in [1.29, 1.82) is 0 Å². The molecule has 7 nitrogen and oxygen atoms in total. The number of rotatable bonds is 9. The lowest BCUT2D eigenvalue weighted by Crippen LogP contribution is -2.41. The summed E-state index contributed by atoms with van der Waals surface area (Å²) in [5.74, 6) is -0.382. The van der Waals surface area contributed by atoms with E-state index in [1.165, 1.54) is 5.56 Å². The van der Waals surface area contributed by atoms with Crippen LogP contribution in [0.5, 0.6) is 0 Å². The van der Waals surface area contributed by atoms with Gasteiger partial charge < -0.3 is 10.3 Å². The van der Waals surface area contributed by atoms with Gasteiger partial charge in [-0.1, -0.05) is 37.3 Å². The zero-order valence-corrected chi connectivity index (χ0v) is 17.8. The van der Waals surface area contributed by atoms with Gasteiger partial charge in [0, 0.05) is 19.6 Å². The molecule has 0 spiro atoms. The molecule has 1 saturated heterocycles. The third kappa shape index (κ3) is 5.45. The topological polar surface area (TPSA) is 98.3 Å². The van der Waals surface area contributed by atoms with Crippen LogP contribution in [0, 0.1) is 5.92 Å². The van der Waals surface area contributed by atoms with E-state index in [4.69, 9.17) is 5.73 Å². The quantitative estimate of drug-likeness (QED) is 0.672. The molecule has 0 radical (unpaired) electrons. The zero-order chi connectivity index (χ0) is 20.9. The highest BCUT2D eigenvalue weighted by atomic mass is 32.2. The van der Waals surface area contributed by atoms with Crippen LogP contribution in [-0.4, -0.2) is 47.6 Å². The van der Waals surface area contributed by atoms with Gasteiger partial charge in [0.05, 0.1) is 23.6 Å². The number of benzene rings is 1. The van der Waals surface area contributed by atoms with Crippen LogP contribution < -0.4 is 5.73 Å². The average Bonchev–Trinajstić information content (AvgIpc) is 3.12. The lowest BCUT2D eigenvalue weighted by molar-refractivity contribution is -0.123. The predicted octanol–water partition coefficient (Wildman–Crippen LogP) is 2.01. The number of carbonyl (C=O) groups is 1. The van der Waals surface area contributed by atoms with E-state index in [1.807, 2.05) is 22.8 Å². The first-order chi connectivity index (χ1) is 13.9. The maximum absolute atomic E-state index is 12.5. The molecule has 158 valence electrons. The number of hydrogen-bond acceptors (Lipinski definition) is 5. The van der Waals surface area contributed by atoms with Crippen molar-refractivity contribution in [3.05, 3.63) is 47.8 Å². The molecule has 1 aromatic carbocycles. The van der Waals surface area contributed by atoms with Crippen molar-refractivity contribution in [1.82, 2.24) is 14.5 Å². The second kappa shape index (κ2) is 9.54. The Labute approximate surface area is 172 Å². The van der Waals surface area contributed by atoms with Crippen LogP contribution in [0.4, 0.5) is 0 Å². The van der Waals surface area contributed by atoms with Crippen LogP contribution in [-0.2, 0) is 34.1 Å². The molecule has 2 heterocycles. The summed E-state index contributed by atoms with van der Waals surface area (Å²) in [6.07, 6.45) is 5.09.